The van der Waals surface area contributed by atoms with E-state index < -0.39 is 5.97 Å². The Balaban J connectivity index is 0.000000153. The van der Waals surface area contributed by atoms with Crippen molar-refractivity contribution in [3.05, 3.63) is 233 Å². The summed E-state index contributed by atoms with van der Waals surface area (Å²) < 4.78 is 4.80. The number of carboxylic acid groups (broad SMARTS) is 1. The summed E-state index contributed by atoms with van der Waals surface area (Å²) in [5, 5.41) is 35.7. The predicted octanol–water partition coefficient (Wildman–Crippen LogP) is 15.5. The van der Waals surface area contributed by atoms with Gasteiger partial charge in [0.1, 0.15) is 0 Å². The first-order valence-electron chi connectivity index (χ1n) is 21.6. The average Bonchev–Trinajstić information content (AvgIpc) is 3.99. The summed E-state index contributed by atoms with van der Waals surface area (Å²) >= 11 is 13.7. The number of aromatic nitrogens is 4. The lowest BCUT2D eigenvalue weighted by Crippen LogP contribution is -2.03. The van der Waals surface area contributed by atoms with Crippen LogP contribution in [0.25, 0.3) is 55.9 Å². The largest absolute Gasteiger partial charge is 0.478 e. The maximum absolute atomic E-state index is 11.7. The number of carbonyl (C=O) groups is 2. The van der Waals surface area contributed by atoms with Crippen LogP contribution >= 0.6 is 63.7 Å². The summed E-state index contributed by atoms with van der Waals surface area (Å²) in [7, 11) is 1.40. The molecule has 13 heteroatoms. The number of halogens is 4. The van der Waals surface area contributed by atoms with Gasteiger partial charge in [-0.1, -0.05) is 240 Å². The molecule has 0 aliphatic carbocycles. The molecule has 0 aliphatic heterocycles. The molecule has 0 saturated heterocycles. The molecule has 0 saturated carbocycles. The van der Waals surface area contributed by atoms with Crippen LogP contribution in [0.4, 0.5) is 0 Å². The number of H-pyrrole nitrogens is 1. The van der Waals surface area contributed by atoms with E-state index in [4.69, 9.17) is 15.1 Å². The summed E-state index contributed by atoms with van der Waals surface area (Å²) in [6.45, 7) is 0. The molecule has 0 aliphatic rings. The number of methoxy groups -OCH3 is 1. The fourth-order valence-electron chi connectivity index (χ4n) is 7.08. The maximum Gasteiger partial charge on any atom is 0.338 e. The van der Waals surface area contributed by atoms with Crippen LogP contribution in [0.1, 0.15) is 48.5 Å². The second-order valence-electron chi connectivity index (χ2n) is 15.1. The number of nitrogens with one attached hydrogen (secondary N) is 1. The topological polar surface area (TPSA) is 142 Å². The number of hydrogen-bond acceptors (Lipinski definition) is 7. The summed E-state index contributed by atoms with van der Waals surface area (Å²) in [6, 6.07) is 65.0. The first kappa shape index (κ1) is 52.5. The predicted molar refractivity (Wildman–Crippen MR) is 294 cm³/mol. The lowest BCUT2D eigenvalue weighted by atomic mass is 9.98. The zero-order valence-corrected chi connectivity index (χ0v) is 44.1. The number of rotatable bonds is 11. The molecule has 0 atom stereocenters. The highest BCUT2D eigenvalue weighted by atomic mass is 79.9. The van der Waals surface area contributed by atoms with E-state index in [1.54, 1.807) is 18.2 Å². The third kappa shape index (κ3) is 14.4. The Morgan fingerprint density at radius 2 is 0.857 bits per heavy atom. The van der Waals surface area contributed by atoms with E-state index in [0.717, 1.165) is 71.4 Å². The lowest BCUT2D eigenvalue weighted by Gasteiger charge is -2.08. The maximum atomic E-state index is 11.7. The molecule has 0 fully saturated rings. The van der Waals surface area contributed by atoms with Crippen LogP contribution in [0.3, 0.4) is 0 Å². The SMILES string of the molecule is BrCc1ccc(-c2ccccc2-c2nn[nH]n2)cc1.COC(=O)c1ccccc1-c1ccc(CBr)cc1.N#Cc1ccccc1-c1ccc(CBr)cc1.O=C(O)c1ccccc1-c1ccc(CBr)cc1. The molecule has 0 spiro atoms. The fraction of sp³-hybridized carbons (Fsp3) is 0.0877. The molecule has 0 amide bonds. The van der Waals surface area contributed by atoms with Crippen molar-refractivity contribution in [3.8, 4) is 62.0 Å². The highest BCUT2D eigenvalue weighted by Gasteiger charge is 2.14. The molecule has 0 unspecified atom stereocenters. The van der Waals surface area contributed by atoms with Crippen LogP contribution in [-0.4, -0.2) is 44.8 Å². The molecule has 8 aromatic carbocycles. The van der Waals surface area contributed by atoms with Gasteiger partial charge in [-0.3, -0.25) is 0 Å². The second kappa shape index (κ2) is 27.4. The van der Waals surface area contributed by atoms with Gasteiger partial charge in [-0.15, -0.1) is 10.2 Å². The smallest absolute Gasteiger partial charge is 0.338 e. The minimum absolute atomic E-state index is 0.310. The van der Waals surface area contributed by atoms with E-state index in [0.29, 0.717) is 22.5 Å². The van der Waals surface area contributed by atoms with Crippen molar-refractivity contribution in [2.24, 2.45) is 0 Å². The van der Waals surface area contributed by atoms with Crippen molar-refractivity contribution in [2.45, 2.75) is 21.3 Å². The number of nitriles is 1. The lowest BCUT2D eigenvalue weighted by molar-refractivity contribution is 0.0600. The standard InChI is InChI=1S/C15H13BrO2.C14H11BrN4.C14H10BrN.C14H11BrO2/c1-18-15(17)14-5-3-2-4-13(14)12-8-6-11(10-16)7-9-12;15-9-10-5-7-11(8-6-10)12-3-1-2-4-13(12)14-16-18-19-17-14;15-9-11-5-7-12(8-6-11)14-4-2-1-3-13(14)10-16;15-9-10-5-7-11(8-6-10)12-3-1-2-4-13(12)14(16)17/h2-9H,10H2,1H3;1-8H,9H2,(H,16,17,18,19);1-8H,9H2;1-8H,9H2,(H,16,17). The van der Waals surface area contributed by atoms with Gasteiger partial charge >= 0.3 is 11.9 Å². The Morgan fingerprint density at radius 3 is 1.26 bits per heavy atom. The zero-order chi connectivity index (χ0) is 49.7. The third-order valence-corrected chi connectivity index (χ3v) is 13.3. The van der Waals surface area contributed by atoms with Gasteiger partial charge in [0, 0.05) is 26.9 Å². The highest BCUT2D eigenvalue weighted by Crippen LogP contribution is 2.31. The van der Waals surface area contributed by atoms with Crippen LogP contribution < -0.4 is 0 Å². The summed E-state index contributed by atoms with van der Waals surface area (Å²) in [5.74, 6) is -0.597. The van der Waals surface area contributed by atoms with Crippen molar-refractivity contribution < 1.29 is 19.4 Å². The van der Waals surface area contributed by atoms with E-state index in [1.165, 1.54) is 29.4 Å². The zero-order valence-electron chi connectivity index (χ0n) is 37.8. The fourth-order valence-corrected chi connectivity index (χ4v) is 8.57. The first-order chi connectivity index (χ1) is 34.2. The van der Waals surface area contributed by atoms with E-state index >= 15 is 0 Å². The summed E-state index contributed by atoms with van der Waals surface area (Å²) in [6.07, 6.45) is 0. The van der Waals surface area contributed by atoms with Crippen LogP contribution in [0, 0.1) is 11.3 Å². The second-order valence-corrected chi connectivity index (χ2v) is 17.4. The quantitative estimate of drug-likeness (QED) is 0.0963. The number of tetrazole rings is 1. The molecular formula is C57H45Br4N5O4. The van der Waals surface area contributed by atoms with Gasteiger partial charge in [0.15, 0.2) is 0 Å². The van der Waals surface area contributed by atoms with Crippen LogP contribution in [0.5, 0.6) is 0 Å². The Morgan fingerprint density at radius 1 is 0.500 bits per heavy atom. The van der Waals surface area contributed by atoms with E-state index in [9.17, 15) is 9.59 Å². The van der Waals surface area contributed by atoms with Crippen LogP contribution in [0.15, 0.2) is 194 Å². The number of ether oxygens (including phenoxy) is 1. The van der Waals surface area contributed by atoms with Crippen molar-refractivity contribution in [1.29, 1.82) is 5.26 Å². The monoisotopic (exact) mass is 1180 g/mol. The number of esters is 1. The highest BCUT2D eigenvalue weighted by molar-refractivity contribution is 9.09. The van der Waals surface area contributed by atoms with Gasteiger partial charge in [0.2, 0.25) is 5.82 Å². The average molecular weight is 1180 g/mol. The van der Waals surface area contributed by atoms with E-state index in [1.807, 2.05) is 133 Å². The molecule has 9 aromatic rings. The van der Waals surface area contributed by atoms with Crippen molar-refractivity contribution in [3.63, 3.8) is 0 Å². The number of benzene rings is 8. The molecule has 1 heterocycles. The molecule has 0 radical (unpaired) electrons. The summed E-state index contributed by atoms with van der Waals surface area (Å²) in [5.41, 5.74) is 15.4. The Kier molecular flexibility index (Phi) is 20.6. The minimum Gasteiger partial charge on any atom is -0.478 e. The van der Waals surface area contributed by atoms with Crippen LogP contribution in [-0.2, 0) is 26.1 Å². The Bertz CT molecular complexity index is 3130. The van der Waals surface area contributed by atoms with E-state index in [2.05, 4.69) is 133 Å². The minimum atomic E-state index is -0.898. The van der Waals surface area contributed by atoms with Gasteiger partial charge in [-0.2, -0.15) is 10.5 Å². The van der Waals surface area contributed by atoms with Gasteiger partial charge < -0.3 is 9.84 Å². The van der Waals surface area contributed by atoms with E-state index in [-0.39, 0.29) is 5.97 Å². The Hall–Kier alpha value is -6.82. The molecule has 9 rings (SSSR count). The number of aromatic amines is 1. The number of nitrogens with zero attached hydrogens (tertiary/aromatic N) is 4. The van der Waals surface area contributed by atoms with Crippen molar-refractivity contribution in [1.82, 2.24) is 20.6 Å². The summed E-state index contributed by atoms with van der Waals surface area (Å²) in [4.78, 5) is 22.8. The molecular weight excluding hydrogens is 1140 g/mol. The Labute approximate surface area is 441 Å². The molecule has 1 aromatic heterocycles. The molecule has 70 heavy (non-hydrogen) atoms. The number of carboxylic acids is 1. The van der Waals surface area contributed by atoms with Gasteiger partial charge in [-0.05, 0) is 90.2 Å². The number of alkyl halides is 4. The molecule has 9 nitrogen and oxygen atoms in total. The molecule has 2 N–H and O–H groups in total. The third-order valence-electron chi connectivity index (χ3n) is 10.7. The molecule has 0 bridgehead atoms. The van der Waals surface area contributed by atoms with Gasteiger partial charge in [-0.25, -0.2) is 9.59 Å². The van der Waals surface area contributed by atoms with Crippen molar-refractivity contribution in [2.75, 3.05) is 7.11 Å². The normalized spacial score (nSPS) is 10.2. The molecule has 350 valence electrons. The first-order valence-corrected chi connectivity index (χ1v) is 26.1. The van der Waals surface area contributed by atoms with Gasteiger partial charge in [0.05, 0.1) is 29.9 Å². The number of carbonyl (C=O) groups excluding carboxylic acids is 1. The number of hydrogen-bond donors (Lipinski definition) is 2. The number of aromatic carboxylic acids is 1. The van der Waals surface area contributed by atoms with Gasteiger partial charge in [0.25, 0.3) is 0 Å². The van der Waals surface area contributed by atoms with Crippen LogP contribution in [0.2, 0.25) is 0 Å². The van der Waals surface area contributed by atoms with Crippen molar-refractivity contribution >= 4 is 75.7 Å².